The molecule has 0 spiro atoms. The van der Waals surface area contributed by atoms with Crippen molar-refractivity contribution in [1.82, 2.24) is 9.80 Å². The maximum Gasteiger partial charge on any atom is 0.230 e. The first-order chi connectivity index (χ1) is 19.0. The zero-order chi connectivity index (χ0) is 27.2. The maximum absolute atomic E-state index is 13.7. The van der Waals surface area contributed by atoms with E-state index >= 15 is 0 Å². The van der Waals surface area contributed by atoms with Gasteiger partial charge in [-0.05, 0) is 73.1 Å². The lowest BCUT2D eigenvalue weighted by Gasteiger charge is -2.32. The molecule has 6 heteroatoms. The number of rotatable bonds is 5. The number of carbonyl (C=O) groups is 2. The van der Waals surface area contributed by atoms with Crippen LogP contribution >= 0.6 is 11.6 Å². The Morgan fingerprint density at radius 1 is 0.846 bits per heavy atom. The third-order valence-corrected chi connectivity index (χ3v) is 8.12. The summed E-state index contributed by atoms with van der Waals surface area (Å²) < 4.78 is 0. The number of amides is 2. The van der Waals surface area contributed by atoms with Crippen molar-refractivity contribution in [3.8, 4) is 0 Å². The number of nitrogens with zero attached hydrogens (tertiary/aromatic N) is 3. The molecule has 5 rings (SSSR count). The molecule has 0 unspecified atom stereocenters. The predicted octanol–water partition coefficient (Wildman–Crippen LogP) is 6.26. The second kappa shape index (κ2) is 12.8. The molecule has 1 aliphatic carbocycles. The Morgan fingerprint density at radius 3 is 2.28 bits per heavy atom. The van der Waals surface area contributed by atoms with E-state index in [-0.39, 0.29) is 17.7 Å². The third kappa shape index (κ3) is 7.28. The standard InChI is InChI=1S/C33H38ClN3O2/c1-25-8-2-3-9-28(25)22-32(38)36-20-6-18-35(23-26-12-16-30(34)17-13-26)19-7-21-37(33(39)27-14-15-27)31-11-5-4-10-29(31)24-36/h2-5,8-13,16-17,27H,6-7,14-15,18-24H2,1H3. The van der Waals surface area contributed by atoms with E-state index in [2.05, 4.69) is 42.2 Å². The molecule has 1 heterocycles. The van der Waals surface area contributed by atoms with Crippen molar-refractivity contribution in [3.05, 3.63) is 100 Å². The van der Waals surface area contributed by atoms with Gasteiger partial charge < -0.3 is 9.80 Å². The Hall–Kier alpha value is -3.15. The van der Waals surface area contributed by atoms with Gasteiger partial charge in [0.25, 0.3) is 0 Å². The van der Waals surface area contributed by atoms with Crippen molar-refractivity contribution in [2.75, 3.05) is 31.1 Å². The van der Waals surface area contributed by atoms with Gasteiger partial charge in [0.15, 0.2) is 0 Å². The summed E-state index contributed by atoms with van der Waals surface area (Å²) in [6.45, 7) is 6.51. The van der Waals surface area contributed by atoms with Gasteiger partial charge in [-0.15, -0.1) is 0 Å². The number of hydrogen-bond acceptors (Lipinski definition) is 3. The van der Waals surface area contributed by atoms with Gasteiger partial charge in [0.2, 0.25) is 11.8 Å². The molecule has 204 valence electrons. The van der Waals surface area contributed by atoms with E-state index < -0.39 is 0 Å². The number of hydrogen-bond donors (Lipinski definition) is 0. The van der Waals surface area contributed by atoms with E-state index in [4.69, 9.17) is 11.6 Å². The van der Waals surface area contributed by atoms with Crippen LogP contribution in [0, 0.1) is 12.8 Å². The average molecular weight is 544 g/mol. The van der Waals surface area contributed by atoms with Gasteiger partial charge in [0.1, 0.15) is 0 Å². The van der Waals surface area contributed by atoms with Crippen molar-refractivity contribution >= 4 is 29.1 Å². The van der Waals surface area contributed by atoms with Crippen LogP contribution < -0.4 is 4.90 Å². The van der Waals surface area contributed by atoms with E-state index in [0.717, 1.165) is 72.7 Å². The Kier molecular flexibility index (Phi) is 9.00. The summed E-state index contributed by atoms with van der Waals surface area (Å²) in [5, 5.41) is 0.739. The van der Waals surface area contributed by atoms with Crippen molar-refractivity contribution < 1.29 is 9.59 Å². The van der Waals surface area contributed by atoms with Crippen molar-refractivity contribution in [3.63, 3.8) is 0 Å². The molecule has 1 aliphatic heterocycles. The molecule has 0 atom stereocenters. The molecular formula is C33H38ClN3O2. The monoisotopic (exact) mass is 543 g/mol. The molecule has 0 aromatic heterocycles. The fourth-order valence-electron chi connectivity index (χ4n) is 5.44. The average Bonchev–Trinajstić information content (AvgIpc) is 3.78. The molecule has 1 fully saturated rings. The molecule has 0 radical (unpaired) electrons. The van der Waals surface area contributed by atoms with E-state index in [9.17, 15) is 9.59 Å². The zero-order valence-corrected chi connectivity index (χ0v) is 23.6. The molecule has 3 aromatic rings. The molecule has 0 N–H and O–H groups in total. The largest absolute Gasteiger partial charge is 0.338 e. The lowest BCUT2D eigenvalue weighted by molar-refractivity contribution is -0.131. The normalized spacial score (nSPS) is 17.2. The van der Waals surface area contributed by atoms with Gasteiger partial charge in [0.05, 0.1) is 6.42 Å². The van der Waals surface area contributed by atoms with Crippen LogP contribution in [0.15, 0.2) is 72.8 Å². The van der Waals surface area contributed by atoms with Gasteiger partial charge in [0, 0.05) is 55.9 Å². The Balaban J connectivity index is 1.41. The Morgan fingerprint density at radius 2 is 1.54 bits per heavy atom. The molecule has 2 amide bonds. The summed E-state index contributed by atoms with van der Waals surface area (Å²) in [5.74, 6) is 0.483. The molecule has 5 nitrogen and oxygen atoms in total. The smallest absolute Gasteiger partial charge is 0.230 e. The van der Waals surface area contributed by atoms with Gasteiger partial charge in [-0.1, -0.05) is 66.2 Å². The van der Waals surface area contributed by atoms with Crippen LogP contribution in [0.4, 0.5) is 5.69 Å². The summed E-state index contributed by atoms with van der Waals surface area (Å²) in [7, 11) is 0. The number of benzene rings is 3. The highest BCUT2D eigenvalue weighted by atomic mass is 35.5. The van der Waals surface area contributed by atoms with Crippen LogP contribution in [0.5, 0.6) is 0 Å². The highest BCUT2D eigenvalue weighted by molar-refractivity contribution is 6.30. The first-order valence-corrected chi connectivity index (χ1v) is 14.5. The molecule has 2 aliphatic rings. The van der Waals surface area contributed by atoms with Crippen molar-refractivity contribution in [1.29, 1.82) is 0 Å². The first-order valence-electron chi connectivity index (χ1n) is 14.2. The molecule has 1 saturated carbocycles. The minimum absolute atomic E-state index is 0.125. The molecule has 39 heavy (non-hydrogen) atoms. The topological polar surface area (TPSA) is 43.9 Å². The molecular weight excluding hydrogens is 506 g/mol. The highest BCUT2D eigenvalue weighted by Gasteiger charge is 2.35. The second-order valence-corrected chi connectivity index (χ2v) is 11.4. The van der Waals surface area contributed by atoms with Crippen LogP contribution in [0.1, 0.15) is 47.9 Å². The van der Waals surface area contributed by atoms with E-state index in [1.165, 1.54) is 5.56 Å². The fraction of sp³-hybridized carbons (Fsp3) is 0.394. The number of aryl methyl sites for hydroxylation is 1. The number of anilines is 1. The molecule has 0 saturated heterocycles. The van der Waals surface area contributed by atoms with Crippen LogP contribution in [0.3, 0.4) is 0 Å². The summed E-state index contributed by atoms with van der Waals surface area (Å²) in [6.07, 6.45) is 4.12. The number of halogens is 1. The summed E-state index contributed by atoms with van der Waals surface area (Å²) in [4.78, 5) is 33.6. The van der Waals surface area contributed by atoms with Gasteiger partial charge in [-0.25, -0.2) is 0 Å². The number of para-hydroxylation sites is 1. The lowest BCUT2D eigenvalue weighted by Crippen LogP contribution is -2.39. The van der Waals surface area contributed by atoms with Gasteiger partial charge >= 0.3 is 0 Å². The minimum atomic E-state index is 0.125. The van der Waals surface area contributed by atoms with Gasteiger partial charge in [-0.2, -0.15) is 0 Å². The number of fused-ring (bicyclic) bond motifs is 1. The van der Waals surface area contributed by atoms with Crippen LogP contribution in [-0.2, 0) is 29.1 Å². The van der Waals surface area contributed by atoms with Crippen LogP contribution in [-0.4, -0.2) is 47.8 Å². The van der Waals surface area contributed by atoms with Gasteiger partial charge in [-0.3, -0.25) is 14.5 Å². The zero-order valence-electron chi connectivity index (χ0n) is 22.8. The Labute approximate surface area is 237 Å². The van der Waals surface area contributed by atoms with E-state index in [1.54, 1.807) is 0 Å². The van der Waals surface area contributed by atoms with Crippen molar-refractivity contribution in [2.24, 2.45) is 5.92 Å². The number of carbonyl (C=O) groups excluding carboxylic acids is 2. The van der Waals surface area contributed by atoms with E-state index in [0.29, 0.717) is 26.1 Å². The summed E-state index contributed by atoms with van der Waals surface area (Å²) in [5.41, 5.74) is 5.42. The SMILES string of the molecule is Cc1ccccc1CC(=O)N1CCCN(Cc2ccc(Cl)cc2)CCCN(C(=O)C2CC2)c2ccccc2C1. The van der Waals surface area contributed by atoms with Crippen molar-refractivity contribution in [2.45, 2.75) is 52.1 Å². The van der Waals surface area contributed by atoms with E-state index in [1.807, 2.05) is 52.3 Å². The summed E-state index contributed by atoms with van der Waals surface area (Å²) >= 11 is 6.12. The predicted molar refractivity (Wildman–Crippen MR) is 158 cm³/mol. The molecule has 0 bridgehead atoms. The van der Waals surface area contributed by atoms with Crippen LogP contribution in [0.25, 0.3) is 0 Å². The first kappa shape index (κ1) is 27.4. The summed E-state index contributed by atoms with van der Waals surface area (Å²) in [6, 6.07) is 24.3. The van der Waals surface area contributed by atoms with Crippen LogP contribution in [0.2, 0.25) is 5.02 Å². The minimum Gasteiger partial charge on any atom is -0.338 e. The molecule has 3 aromatic carbocycles. The fourth-order valence-corrected chi connectivity index (χ4v) is 5.57. The Bertz CT molecular complexity index is 1290. The second-order valence-electron chi connectivity index (χ2n) is 10.9. The quantitative estimate of drug-likeness (QED) is 0.381. The highest BCUT2D eigenvalue weighted by Crippen LogP contribution is 2.34. The lowest BCUT2D eigenvalue weighted by atomic mass is 10.0. The third-order valence-electron chi connectivity index (χ3n) is 7.87. The maximum atomic E-state index is 13.7.